The molecule has 1 saturated carbocycles. The van der Waals surface area contributed by atoms with E-state index in [1.807, 2.05) is 0 Å². The van der Waals surface area contributed by atoms with Crippen LogP contribution in [0.3, 0.4) is 0 Å². The lowest BCUT2D eigenvalue weighted by atomic mass is 9.63. The van der Waals surface area contributed by atoms with Crippen LogP contribution < -0.4 is 5.73 Å². The quantitative estimate of drug-likeness (QED) is 0.784. The lowest BCUT2D eigenvalue weighted by molar-refractivity contribution is -0.0202. The van der Waals surface area contributed by atoms with E-state index >= 15 is 0 Å². The Morgan fingerprint density at radius 2 is 1.89 bits per heavy atom. The van der Waals surface area contributed by atoms with Gasteiger partial charge in [-0.3, -0.25) is 4.90 Å². The molecule has 0 spiro atoms. The topological polar surface area (TPSA) is 29.3 Å². The third-order valence-electron chi connectivity index (χ3n) is 5.16. The second-order valence-electron chi connectivity index (χ2n) is 7.01. The van der Waals surface area contributed by atoms with Crippen molar-refractivity contribution in [3.05, 3.63) is 0 Å². The molecule has 1 aliphatic carbocycles. The number of rotatable bonds is 6. The van der Waals surface area contributed by atoms with Crippen LogP contribution in [0.2, 0.25) is 0 Å². The summed E-state index contributed by atoms with van der Waals surface area (Å²) in [6, 6.07) is 0. The predicted octanol–water partition coefficient (Wildman–Crippen LogP) is 3.65. The van der Waals surface area contributed by atoms with Gasteiger partial charge in [-0.05, 0) is 50.1 Å². The van der Waals surface area contributed by atoms with Crippen LogP contribution in [0.4, 0.5) is 0 Å². The molecule has 0 aromatic rings. The van der Waals surface area contributed by atoms with Gasteiger partial charge in [-0.25, -0.2) is 0 Å². The van der Waals surface area contributed by atoms with Crippen molar-refractivity contribution in [2.75, 3.05) is 19.6 Å². The van der Waals surface area contributed by atoms with Crippen molar-refractivity contribution in [3.63, 3.8) is 0 Å². The van der Waals surface area contributed by atoms with Crippen molar-refractivity contribution in [3.8, 4) is 0 Å². The van der Waals surface area contributed by atoms with Crippen LogP contribution in [0.1, 0.15) is 66.7 Å². The fourth-order valence-corrected chi connectivity index (χ4v) is 3.87. The largest absolute Gasteiger partial charge is 0.329 e. The molecule has 0 bridgehead atoms. The number of hydrogen-bond donors (Lipinski definition) is 1. The molecule has 2 heteroatoms. The first-order valence-electron chi connectivity index (χ1n) is 7.87. The van der Waals surface area contributed by atoms with Crippen molar-refractivity contribution < 1.29 is 0 Å². The summed E-state index contributed by atoms with van der Waals surface area (Å²) in [6.45, 7) is 15.0. The zero-order valence-electron chi connectivity index (χ0n) is 13.3. The first-order chi connectivity index (χ1) is 8.41. The van der Waals surface area contributed by atoms with Gasteiger partial charge in [-0.2, -0.15) is 0 Å². The van der Waals surface area contributed by atoms with Gasteiger partial charge in [0.25, 0.3) is 0 Å². The highest BCUT2D eigenvalue weighted by atomic mass is 15.2. The van der Waals surface area contributed by atoms with E-state index in [1.54, 1.807) is 0 Å². The first kappa shape index (κ1) is 16.0. The van der Waals surface area contributed by atoms with Crippen molar-refractivity contribution in [2.24, 2.45) is 17.1 Å². The van der Waals surface area contributed by atoms with Crippen molar-refractivity contribution in [1.29, 1.82) is 0 Å². The lowest BCUT2D eigenvalue weighted by Gasteiger charge is -2.53. The van der Waals surface area contributed by atoms with Gasteiger partial charge in [0.05, 0.1) is 0 Å². The Balaban J connectivity index is 2.83. The van der Waals surface area contributed by atoms with E-state index in [9.17, 15) is 0 Å². The molecule has 2 nitrogen and oxygen atoms in total. The summed E-state index contributed by atoms with van der Waals surface area (Å²) < 4.78 is 0. The minimum Gasteiger partial charge on any atom is -0.329 e. The fraction of sp³-hybridized carbons (Fsp3) is 1.00. The molecule has 0 aromatic carbocycles. The van der Waals surface area contributed by atoms with E-state index in [2.05, 4.69) is 39.5 Å². The van der Waals surface area contributed by atoms with Crippen molar-refractivity contribution in [1.82, 2.24) is 4.90 Å². The summed E-state index contributed by atoms with van der Waals surface area (Å²) in [5.74, 6) is 0.711. The van der Waals surface area contributed by atoms with Gasteiger partial charge in [0.2, 0.25) is 0 Å². The van der Waals surface area contributed by atoms with Gasteiger partial charge >= 0.3 is 0 Å². The minimum absolute atomic E-state index is 0.263. The standard InChI is InChI=1S/C16H34N2/c1-6-8-11-18(7-2)16(13-17)10-9-15(4,5)12-14(16)3/h14H,6-13,17H2,1-5H3. The van der Waals surface area contributed by atoms with E-state index < -0.39 is 0 Å². The van der Waals surface area contributed by atoms with Crippen LogP contribution >= 0.6 is 0 Å². The predicted molar refractivity (Wildman–Crippen MR) is 80.7 cm³/mol. The molecule has 0 aromatic heterocycles. The Morgan fingerprint density at radius 3 is 2.33 bits per heavy atom. The second-order valence-corrected chi connectivity index (χ2v) is 7.01. The fourth-order valence-electron chi connectivity index (χ4n) is 3.87. The third-order valence-corrected chi connectivity index (χ3v) is 5.16. The average Bonchev–Trinajstić information content (AvgIpc) is 2.32. The van der Waals surface area contributed by atoms with Crippen molar-refractivity contribution in [2.45, 2.75) is 72.3 Å². The van der Waals surface area contributed by atoms with Gasteiger partial charge in [0.15, 0.2) is 0 Å². The second kappa shape index (κ2) is 6.38. The third kappa shape index (κ3) is 3.27. The molecular weight excluding hydrogens is 220 g/mol. The summed E-state index contributed by atoms with van der Waals surface area (Å²) in [6.07, 6.45) is 6.47. The summed E-state index contributed by atoms with van der Waals surface area (Å²) >= 11 is 0. The molecule has 1 rings (SSSR count). The summed E-state index contributed by atoms with van der Waals surface area (Å²) in [5, 5.41) is 0. The maximum Gasteiger partial charge on any atom is 0.0357 e. The molecule has 2 atom stereocenters. The Hall–Kier alpha value is -0.0800. The monoisotopic (exact) mass is 254 g/mol. The minimum atomic E-state index is 0.263. The summed E-state index contributed by atoms with van der Waals surface area (Å²) in [5.41, 5.74) is 6.99. The number of nitrogens with zero attached hydrogens (tertiary/aromatic N) is 1. The number of hydrogen-bond acceptors (Lipinski definition) is 2. The van der Waals surface area contributed by atoms with E-state index in [1.165, 1.54) is 38.6 Å². The van der Waals surface area contributed by atoms with Gasteiger partial charge < -0.3 is 5.73 Å². The smallest absolute Gasteiger partial charge is 0.0357 e. The molecule has 2 unspecified atom stereocenters. The zero-order chi connectivity index (χ0) is 13.8. The SMILES string of the molecule is CCCCN(CC)C1(CN)CCC(C)(C)CC1C. The Kier molecular flexibility index (Phi) is 5.67. The molecule has 0 amide bonds. The molecule has 2 N–H and O–H groups in total. The number of likely N-dealkylation sites (N-methyl/N-ethyl adjacent to an activating group) is 1. The summed E-state index contributed by atoms with van der Waals surface area (Å²) in [7, 11) is 0. The van der Waals surface area contributed by atoms with Crippen LogP contribution in [0, 0.1) is 11.3 Å². The molecule has 0 aliphatic heterocycles. The maximum atomic E-state index is 6.22. The van der Waals surface area contributed by atoms with E-state index in [4.69, 9.17) is 5.73 Å². The Bertz CT molecular complexity index is 249. The van der Waals surface area contributed by atoms with E-state index in [0.29, 0.717) is 11.3 Å². The zero-order valence-corrected chi connectivity index (χ0v) is 13.3. The Labute approximate surface area is 114 Å². The van der Waals surface area contributed by atoms with Gasteiger partial charge in [-0.1, -0.05) is 41.0 Å². The van der Waals surface area contributed by atoms with Crippen LogP contribution in [0.5, 0.6) is 0 Å². The van der Waals surface area contributed by atoms with Crippen LogP contribution in [-0.4, -0.2) is 30.1 Å². The van der Waals surface area contributed by atoms with Gasteiger partial charge in [-0.15, -0.1) is 0 Å². The Morgan fingerprint density at radius 1 is 1.22 bits per heavy atom. The maximum absolute atomic E-state index is 6.22. The molecule has 108 valence electrons. The number of nitrogens with two attached hydrogens (primary N) is 1. The van der Waals surface area contributed by atoms with Crippen LogP contribution in [0.25, 0.3) is 0 Å². The molecule has 1 aliphatic rings. The first-order valence-corrected chi connectivity index (χ1v) is 7.87. The molecular formula is C16H34N2. The van der Waals surface area contributed by atoms with Crippen LogP contribution in [-0.2, 0) is 0 Å². The molecule has 0 radical (unpaired) electrons. The highest BCUT2D eigenvalue weighted by Crippen LogP contribution is 2.46. The molecule has 18 heavy (non-hydrogen) atoms. The molecule has 0 saturated heterocycles. The lowest BCUT2D eigenvalue weighted by Crippen LogP contribution is -2.61. The van der Waals surface area contributed by atoms with Gasteiger partial charge in [0, 0.05) is 12.1 Å². The van der Waals surface area contributed by atoms with Crippen LogP contribution in [0.15, 0.2) is 0 Å². The molecule has 0 heterocycles. The van der Waals surface area contributed by atoms with E-state index in [-0.39, 0.29) is 5.54 Å². The molecule has 1 fully saturated rings. The number of unbranched alkanes of at least 4 members (excludes halogenated alkanes) is 1. The normalized spacial score (nSPS) is 31.8. The average molecular weight is 254 g/mol. The summed E-state index contributed by atoms with van der Waals surface area (Å²) in [4.78, 5) is 2.68. The van der Waals surface area contributed by atoms with Crippen molar-refractivity contribution >= 4 is 0 Å². The highest BCUT2D eigenvalue weighted by Gasteiger charge is 2.45. The van der Waals surface area contributed by atoms with Gasteiger partial charge in [0.1, 0.15) is 0 Å². The highest BCUT2D eigenvalue weighted by molar-refractivity contribution is 5.01. The van der Waals surface area contributed by atoms with E-state index in [0.717, 1.165) is 13.1 Å².